The van der Waals surface area contributed by atoms with Crippen LogP contribution in [0.4, 0.5) is 0 Å². The van der Waals surface area contributed by atoms with Gasteiger partial charge in [0, 0.05) is 74.3 Å². The van der Waals surface area contributed by atoms with E-state index in [9.17, 15) is 28.8 Å². The molecule has 338 valence electrons. The van der Waals surface area contributed by atoms with E-state index in [4.69, 9.17) is 0 Å². The van der Waals surface area contributed by atoms with Gasteiger partial charge in [-0.05, 0) is 72.2 Å². The molecule has 66 heavy (non-hydrogen) atoms. The Bertz CT molecular complexity index is 2350. The number of rotatable bonds is 16. The van der Waals surface area contributed by atoms with Crippen LogP contribution in [0.3, 0.4) is 0 Å². The molecule has 6 amide bonds. The minimum absolute atomic E-state index is 0.0358. The lowest BCUT2D eigenvalue weighted by Gasteiger charge is -2.18. The van der Waals surface area contributed by atoms with Crippen molar-refractivity contribution in [1.29, 1.82) is 0 Å². The van der Waals surface area contributed by atoms with Crippen LogP contribution in [0.1, 0.15) is 67.6 Å². The fourth-order valence-electron chi connectivity index (χ4n) is 9.76. The summed E-state index contributed by atoms with van der Waals surface area (Å²) in [4.78, 5) is 86.5. The number of carbonyl (C=O) groups is 6. The number of benzene rings is 5. The lowest BCUT2D eigenvalue weighted by atomic mass is 9.94. The first-order valence-electron chi connectivity index (χ1n) is 23.2. The molecule has 0 bridgehead atoms. The number of nitrogens with one attached hydrogen (secondary N) is 4. The van der Waals surface area contributed by atoms with Crippen molar-refractivity contribution >= 4 is 35.4 Å². The molecule has 5 aromatic carbocycles. The molecule has 8 atom stereocenters. The third-order valence-electron chi connectivity index (χ3n) is 13.7. The standard InChI is InChI=1S/C54H56N6O6/c61-49(55-27-25-35-13-5-1-6-14-35)43-31-59(33-45(43)51(63)57-47-29-41(47)37-17-9-3-10-18-37)53(65)39-21-23-40(24-22-39)54(66)60-32-44(50(62)56-28-26-36-15-7-2-8-16-36)46(34-60)52(64)58-48-30-42(48)38-19-11-4-12-20-38/h1-24,41-48H,25-34H2,(H,55,61)(H,56,62)(H,57,63)(H,58,64)/t41-,42-,43-,44-,45-,46-,47+,48+/m1/s1. The van der Waals surface area contributed by atoms with Gasteiger partial charge < -0.3 is 31.1 Å². The topological polar surface area (TPSA) is 157 Å². The highest BCUT2D eigenvalue weighted by Crippen LogP contribution is 2.42. The molecule has 2 heterocycles. The van der Waals surface area contributed by atoms with Crippen LogP contribution in [0.15, 0.2) is 146 Å². The van der Waals surface area contributed by atoms with Gasteiger partial charge in [0.25, 0.3) is 11.8 Å². The van der Waals surface area contributed by atoms with Gasteiger partial charge in [0.1, 0.15) is 0 Å². The number of amides is 6. The van der Waals surface area contributed by atoms with E-state index < -0.39 is 23.7 Å². The van der Waals surface area contributed by atoms with Crippen LogP contribution < -0.4 is 21.3 Å². The summed E-state index contributed by atoms with van der Waals surface area (Å²) in [6.07, 6.45) is 2.89. The van der Waals surface area contributed by atoms with Crippen molar-refractivity contribution in [2.75, 3.05) is 39.3 Å². The highest BCUT2D eigenvalue weighted by atomic mass is 16.2. The van der Waals surface area contributed by atoms with E-state index in [0.29, 0.717) is 37.1 Å². The molecule has 9 rings (SSSR count). The predicted molar refractivity (Wildman–Crippen MR) is 250 cm³/mol. The minimum atomic E-state index is -0.743. The van der Waals surface area contributed by atoms with Crippen molar-refractivity contribution < 1.29 is 28.8 Å². The van der Waals surface area contributed by atoms with Crippen LogP contribution in [-0.2, 0) is 32.0 Å². The molecule has 0 spiro atoms. The van der Waals surface area contributed by atoms with E-state index in [1.54, 1.807) is 34.1 Å². The first-order valence-corrected chi connectivity index (χ1v) is 23.2. The maximum Gasteiger partial charge on any atom is 0.253 e. The Balaban J connectivity index is 0.849. The number of nitrogens with zero attached hydrogens (tertiary/aromatic N) is 2. The molecule has 5 aromatic rings. The summed E-state index contributed by atoms with van der Waals surface area (Å²) in [6.45, 7) is 1.08. The number of hydrogen-bond acceptors (Lipinski definition) is 6. The van der Waals surface area contributed by atoms with Crippen molar-refractivity contribution in [2.45, 2.75) is 49.6 Å². The maximum absolute atomic E-state index is 14.1. The van der Waals surface area contributed by atoms with E-state index >= 15 is 0 Å². The molecule has 2 aliphatic heterocycles. The lowest BCUT2D eigenvalue weighted by molar-refractivity contribution is -0.133. The van der Waals surface area contributed by atoms with Crippen molar-refractivity contribution in [1.82, 2.24) is 31.1 Å². The molecular formula is C54H56N6O6. The Morgan fingerprint density at radius 2 is 0.727 bits per heavy atom. The largest absolute Gasteiger partial charge is 0.355 e. The second-order valence-corrected chi connectivity index (χ2v) is 18.2. The average molecular weight is 885 g/mol. The van der Waals surface area contributed by atoms with Crippen molar-refractivity contribution in [2.24, 2.45) is 23.7 Å². The van der Waals surface area contributed by atoms with Crippen molar-refractivity contribution in [3.05, 3.63) is 179 Å². The zero-order valence-corrected chi connectivity index (χ0v) is 36.9. The highest BCUT2D eigenvalue weighted by Gasteiger charge is 2.48. The van der Waals surface area contributed by atoms with Crippen LogP contribution >= 0.6 is 0 Å². The molecule has 0 radical (unpaired) electrons. The summed E-state index contributed by atoms with van der Waals surface area (Å²) in [5.74, 6) is -4.27. The Kier molecular flexibility index (Phi) is 13.4. The summed E-state index contributed by atoms with van der Waals surface area (Å²) >= 11 is 0. The van der Waals surface area contributed by atoms with Gasteiger partial charge in [-0.1, -0.05) is 121 Å². The second-order valence-electron chi connectivity index (χ2n) is 18.2. The minimum Gasteiger partial charge on any atom is -0.355 e. The van der Waals surface area contributed by atoms with E-state index in [1.807, 2.05) is 97.1 Å². The number of likely N-dealkylation sites (tertiary alicyclic amines) is 2. The average Bonchev–Trinajstić information content (AvgIpc) is 4.20. The molecule has 12 nitrogen and oxygen atoms in total. The van der Waals surface area contributed by atoms with Gasteiger partial charge in [-0.15, -0.1) is 0 Å². The third-order valence-corrected chi connectivity index (χ3v) is 13.7. The van der Waals surface area contributed by atoms with E-state index in [0.717, 1.165) is 35.1 Å². The van der Waals surface area contributed by atoms with Crippen LogP contribution in [0, 0.1) is 23.7 Å². The zero-order valence-electron chi connectivity index (χ0n) is 36.9. The fourth-order valence-corrected chi connectivity index (χ4v) is 9.76. The molecule has 2 saturated heterocycles. The van der Waals surface area contributed by atoms with Gasteiger partial charge in [-0.25, -0.2) is 0 Å². The van der Waals surface area contributed by atoms with Crippen molar-refractivity contribution in [3.63, 3.8) is 0 Å². The summed E-state index contributed by atoms with van der Waals surface area (Å²) < 4.78 is 0. The number of carbonyl (C=O) groups excluding carboxylic acids is 6. The highest BCUT2D eigenvalue weighted by molar-refractivity contribution is 6.00. The van der Waals surface area contributed by atoms with E-state index in [-0.39, 0.29) is 85.5 Å². The summed E-state index contributed by atoms with van der Waals surface area (Å²) in [7, 11) is 0. The second kappa shape index (κ2) is 20.0. The van der Waals surface area contributed by atoms with Gasteiger partial charge >= 0.3 is 0 Å². The third kappa shape index (κ3) is 10.4. The van der Waals surface area contributed by atoms with Crippen LogP contribution in [0.5, 0.6) is 0 Å². The first kappa shape index (κ1) is 44.1. The summed E-state index contributed by atoms with van der Waals surface area (Å²) in [6, 6.07) is 46.0. The van der Waals surface area contributed by atoms with Gasteiger partial charge in [0.2, 0.25) is 23.6 Å². The molecule has 4 aliphatic rings. The smallest absolute Gasteiger partial charge is 0.253 e. The van der Waals surface area contributed by atoms with E-state index in [2.05, 4.69) is 45.5 Å². The molecular weight excluding hydrogens is 829 g/mol. The van der Waals surface area contributed by atoms with Gasteiger partial charge in [0.05, 0.1) is 23.7 Å². The molecule has 2 aliphatic carbocycles. The van der Waals surface area contributed by atoms with Gasteiger partial charge in [0.15, 0.2) is 0 Å². The van der Waals surface area contributed by atoms with Gasteiger partial charge in [-0.3, -0.25) is 28.8 Å². The normalized spacial score (nSPS) is 23.9. The van der Waals surface area contributed by atoms with E-state index in [1.165, 1.54) is 0 Å². The molecule has 0 unspecified atom stereocenters. The fraction of sp³-hybridized carbons (Fsp3) is 0.333. The monoisotopic (exact) mass is 884 g/mol. The Morgan fingerprint density at radius 3 is 1.08 bits per heavy atom. The maximum atomic E-state index is 14.1. The Labute approximate surface area is 385 Å². The molecule has 0 aromatic heterocycles. The molecule has 12 heteroatoms. The molecule has 4 fully saturated rings. The quantitative estimate of drug-likeness (QED) is 0.108. The Hall–Kier alpha value is -7.08. The van der Waals surface area contributed by atoms with Gasteiger partial charge in [-0.2, -0.15) is 0 Å². The lowest BCUT2D eigenvalue weighted by Crippen LogP contribution is -2.42. The SMILES string of the molecule is O=C(NCCc1ccccc1)[C@@H]1CN(C(=O)c2ccc(C(=O)N3C[C@@H](C(=O)NCCc4ccccc4)[C@H](C(=O)N[C@H]4C[C@@H]4c4ccccc4)C3)cc2)C[C@H]1C(=O)N[C@H]1C[C@@H]1c1ccccc1. The Morgan fingerprint density at radius 1 is 0.409 bits per heavy atom. The van der Waals surface area contributed by atoms with Crippen LogP contribution in [0.25, 0.3) is 0 Å². The summed E-state index contributed by atoms with van der Waals surface area (Å²) in [5, 5.41) is 12.4. The molecule has 2 saturated carbocycles. The predicted octanol–water partition coefficient (Wildman–Crippen LogP) is 5.13. The zero-order chi connectivity index (χ0) is 45.6. The number of hydrogen-bond donors (Lipinski definition) is 4. The van der Waals surface area contributed by atoms with Crippen molar-refractivity contribution in [3.8, 4) is 0 Å². The molecule has 4 N–H and O–H groups in total. The van der Waals surface area contributed by atoms with Crippen LogP contribution in [-0.4, -0.2) is 96.6 Å². The summed E-state index contributed by atoms with van der Waals surface area (Å²) in [5.41, 5.74) is 5.10. The first-order chi connectivity index (χ1) is 32.2. The van der Waals surface area contributed by atoms with Crippen LogP contribution in [0.2, 0.25) is 0 Å².